The number of likely N-dealkylation sites (N-methyl/N-ethyl adjacent to an activating group) is 1. The first-order valence-corrected chi connectivity index (χ1v) is 17.3. The van der Waals surface area contributed by atoms with E-state index < -0.39 is 18.1 Å². The molecule has 0 aliphatic carbocycles. The van der Waals surface area contributed by atoms with E-state index >= 15 is 0 Å². The van der Waals surface area contributed by atoms with Crippen molar-refractivity contribution in [2.75, 3.05) is 41.0 Å². The number of quaternary nitrogens is 1. The van der Waals surface area contributed by atoms with Crippen LogP contribution in [0.2, 0.25) is 0 Å². The van der Waals surface area contributed by atoms with Gasteiger partial charge in [-0.1, -0.05) is 93.9 Å². The minimum atomic E-state index is -0.891. The third kappa shape index (κ3) is 27.3. The Morgan fingerprint density at radius 2 is 1.30 bits per heavy atom. The van der Waals surface area contributed by atoms with Crippen LogP contribution in [-0.2, 0) is 28.6 Å². The standard InChI is InChI=1S/C38H63NO7/c1-6-8-10-12-14-16-18-20-22-24-26-28-36(40)45-33-34(32-44-31-30-35(38(42)43)39(3,4)5)46-37(41)29-27-25-23-21-19-17-15-13-11-9-7-2/h9,11-12,14-18,21,23,34-35H,6-8,10,13,19-20,22,24-33H2,1-5H3/p+1/b11-9+,14-12+,17-15+,18-16+,23-21+. The number of aliphatic carboxylic acids is 1. The van der Waals surface area contributed by atoms with E-state index in [0.29, 0.717) is 19.3 Å². The molecule has 0 heterocycles. The number of nitrogens with zero attached hydrogens (tertiary/aromatic N) is 1. The van der Waals surface area contributed by atoms with Crippen molar-refractivity contribution in [2.24, 2.45) is 0 Å². The van der Waals surface area contributed by atoms with Crippen LogP contribution in [0.15, 0.2) is 60.8 Å². The van der Waals surface area contributed by atoms with Crippen LogP contribution in [0.25, 0.3) is 0 Å². The Morgan fingerprint density at radius 1 is 0.696 bits per heavy atom. The lowest BCUT2D eigenvalue weighted by molar-refractivity contribution is -0.887. The molecule has 0 rings (SSSR count). The average molecular weight is 647 g/mol. The molecule has 262 valence electrons. The Labute approximate surface area is 279 Å². The number of ether oxygens (including phenoxy) is 3. The first kappa shape index (κ1) is 43.0. The molecule has 0 saturated heterocycles. The highest BCUT2D eigenvalue weighted by atomic mass is 16.6. The molecule has 8 nitrogen and oxygen atoms in total. The molecule has 46 heavy (non-hydrogen) atoms. The van der Waals surface area contributed by atoms with Gasteiger partial charge in [-0.05, 0) is 57.8 Å². The van der Waals surface area contributed by atoms with Gasteiger partial charge in [-0.25, -0.2) is 4.79 Å². The number of rotatable bonds is 29. The molecule has 0 aliphatic rings. The summed E-state index contributed by atoms with van der Waals surface area (Å²) in [6.07, 6.45) is 32.8. The van der Waals surface area contributed by atoms with Gasteiger partial charge in [-0.15, -0.1) is 0 Å². The van der Waals surface area contributed by atoms with Crippen molar-refractivity contribution in [3.05, 3.63) is 60.8 Å². The first-order valence-electron chi connectivity index (χ1n) is 17.3. The molecule has 0 aliphatic heterocycles. The van der Waals surface area contributed by atoms with E-state index in [2.05, 4.69) is 74.6 Å². The molecule has 0 radical (unpaired) electrons. The molecule has 0 aromatic heterocycles. The molecule has 0 spiro atoms. The van der Waals surface area contributed by atoms with Crippen LogP contribution in [0.1, 0.15) is 110 Å². The maximum Gasteiger partial charge on any atom is 0.362 e. The van der Waals surface area contributed by atoms with Crippen LogP contribution in [0.5, 0.6) is 0 Å². The zero-order valence-corrected chi connectivity index (χ0v) is 29.5. The third-order valence-electron chi connectivity index (χ3n) is 7.18. The van der Waals surface area contributed by atoms with Crippen molar-refractivity contribution in [1.29, 1.82) is 0 Å². The van der Waals surface area contributed by atoms with Gasteiger partial charge in [-0.3, -0.25) is 9.59 Å². The molecule has 2 atom stereocenters. The van der Waals surface area contributed by atoms with Crippen LogP contribution in [0.4, 0.5) is 0 Å². The third-order valence-corrected chi connectivity index (χ3v) is 7.18. The van der Waals surface area contributed by atoms with E-state index in [9.17, 15) is 19.5 Å². The molecule has 1 N–H and O–H groups in total. The number of carbonyl (C=O) groups is 3. The fourth-order valence-electron chi connectivity index (χ4n) is 4.44. The van der Waals surface area contributed by atoms with Gasteiger partial charge >= 0.3 is 17.9 Å². The van der Waals surface area contributed by atoms with Gasteiger partial charge < -0.3 is 23.8 Å². The van der Waals surface area contributed by atoms with Gasteiger partial charge in [0.15, 0.2) is 12.1 Å². The van der Waals surface area contributed by atoms with Crippen molar-refractivity contribution < 1.29 is 38.2 Å². The van der Waals surface area contributed by atoms with Gasteiger partial charge in [0.25, 0.3) is 0 Å². The molecule has 2 unspecified atom stereocenters. The molecule has 0 aromatic rings. The fourth-order valence-corrected chi connectivity index (χ4v) is 4.44. The second kappa shape index (κ2) is 29.4. The summed E-state index contributed by atoms with van der Waals surface area (Å²) in [5.41, 5.74) is 0. The van der Waals surface area contributed by atoms with Crippen molar-refractivity contribution in [3.8, 4) is 0 Å². The molecule has 0 aromatic carbocycles. The van der Waals surface area contributed by atoms with Gasteiger partial charge in [-0.2, -0.15) is 0 Å². The molecule has 0 fully saturated rings. The highest BCUT2D eigenvalue weighted by molar-refractivity contribution is 5.72. The summed E-state index contributed by atoms with van der Waals surface area (Å²) in [6, 6.07) is -0.627. The normalized spacial score (nSPS) is 13.8. The van der Waals surface area contributed by atoms with E-state index in [1.54, 1.807) is 0 Å². The molecular formula is C38H64NO7+. The van der Waals surface area contributed by atoms with Crippen LogP contribution < -0.4 is 0 Å². The predicted octanol–water partition coefficient (Wildman–Crippen LogP) is 8.29. The number of carboxylic acid groups (broad SMARTS) is 1. The maximum atomic E-state index is 12.6. The fraction of sp³-hybridized carbons (Fsp3) is 0.658. The van der Waals surface area contributed by atoms with Crippen molar-refractivity contribution in [1.82, 2.24) is 0 Å². The lowest BCUT2D eigenvalue weighted by atomic mass is 10.1. The van der Waals surface area contributed by atoms with Gasteiger partial charge in [0.05, 0.1) is 34.4 Å². The van der Waals surface area contributed by atoms with Crippen molar-refractivity contribution in [3.63, 3.8) is 0 Å². The topological polar surface area (TPSA) is 99.1 Å². The predicted molar refractivity (Wildman–Crippen MR) is 187 cm³/mol. The van der Waals surface area contributed by atoms with Crippen LogP contribution in [-0.4, -0.2) is 80.6 Å². The second-order valence-electron chi connectivity index (χ2n) is 12.4. The van der Waals surface area contributed by atoms with Gasteiger partial charge in [0.1, 0.15) is 6.61 Å². The number of allylic oxidation sites excluding steroid dienone is 10. The Kier molecular flexibility index (Phi) is 27.5. The van der Waals surface area contributed by atoms with Crippen LogP contribution in [0, 0.1) is 0 Å². The smallest absolute Gasteiger partial charge is 0.362 e. The molecular weight excluding hydrogens is 582 g/mol. The maximum absolute atomic E-state index is 12.6. The summed E-state index contributed by atoms with van der Waals surface area (Å²) in [7, 11) is 5.47. The summed E-state index contributed by atoms with van der Waals surface area (Å²) in [5.74, 6) is -1.59. The van der Waals surface area contributed by atoms with E-state index in [1.807, 2.05) is 21.1 Å². The Bertz CT molecular complexity index is 943. The van der Waals surface area contributed by atoms with Crippen molar-refractivity contribution >= 4 is 17.9 Å². The number of unbranched alkanes of at least 4 members (excludes halogenated alkanes) is 6. The van der Waals surface area contributed by atoms with Gasteiger partial charge in [0.2, 0.25) is 0 Å². The zero-order chi connectivity index (χ0) is 34.3. The Balaban J connectivity index is 4.62. The summed E-state index contributed by atoms with van der Waals surface area (Å²) in [4.78, 5) is 36.6. The summed E-state index contributed by atoms with van der Waals surface area (Å²) >= 11 is 0. The van der Waals surface area contributed by atoms with Crippen LogP contribution in [0.3, 0.4) is 0 Å². The second-order valence-corrected chi connectivity index (χ2v) is 12.4. The molecule has 0 bridgehead atoms. The molecule has 0 saturated carbocycles. The van der Waals surface area contributed by atoms with Crippen LogP contribution >= 0.6 is 0 Å². The Morgan fingerprint density at radius 3 is 1.93 bits per heavy atom. The quantitative estimate of drug-likeness (QED) is 0.0287. The van der Waals surface area contributed by atoms with Gasteiger partial charge in [0, 0.05) is 19.3 Å². The summed E-state index contributed by atoms with van der Waals surface area (Å²) < 4.78 is 17.0. The minimum Gasteiger partial charge on any atom is -0.477 e. The SMILES string of the molecule is CC/C=C/C/C=C/C/C=C/CCCC(=O)OC(COCCC(C(=O)O)[N+](C)(C)C)COC(=O)CCCCC/C=C/C=C/CCCC. The zero-order valence-electron chi connectivity index (χ0n) is 29.5. The van der Waals surface area contributed by atoms with E-state index in [-0.39, 0.29) is 42.7 Å². The number of carboxylic acids is 1. The lowest BCUT2D eigenvalue weighted by Crippen LogP contribution is -2.50. The Hall–Kier alpha value is -2.97. The largest absolute Gasteiger partial charge is 0.477 e. The molecule has 0 amide bonds. The molecule has 8 heteroatoms. The summed E-state index contributed by atoms with van der Waals surface area (Å²) in [6.45, 7) is 4.43. The highest BCUT2D eigenvalue weighted by Gasteiger charge is 2.31. The minimum absolute atomic E-state index is 0.0292. The van der Waals surface area contributed by atoms with Crippen molar-refractivity contribution in [2.45, 2.75) is 122 Å². The first-order chi connectivity index (χ1) is 22.1. The number of esters is 2. The van der Waals surface area contributed by atoms with E-state index in [4.69, 9.17) is 14.2 Å². The van der Waals surface area contributed by atoms with E-state index in [0.717, 1.165) is 57.8 Å². The number of hydrogen-bond donors (Lipinski definition) is 1. The lowest BCUT2D eigenvalue weighted by Gasteiger charge is -2.31. The summed E-state index contributed by atoms with van der Waals surface area (Å²) in [5, 5.41) is 9.55. The van der Waals surface area contributed by atoms with E-state index in [1.165, 1.54) is 12.8 Å². The highest BCUT2D eigenvalue weighted by Crippen LogP contribution is 2.11. The monoisotopic (exact) mass is 646 g/mol. The number of carbonyl (C=O) groups excluding carboxylic acids is 2. The average Bonchev–Trinajstić information content (AvgIpc) is 3.00. The number of hydrogen-bond acceptors (Lipinski definition) is 6.